The van der Waals surface area contributed by atoms with E-state index < -0.39 is 6.42 Å². The molecule has 0 saturated carbocycles. The molecular weight excluding hydrogens is 396 g/mol. The molecule has 27 heavy (non-hydrogen) atoms. The normalized spacial score (nSPS) is 18.7. The summed E-state index contributed by atoms with van der Waals surface area (Å²) < 4.78 is 27.1. The molecule has 3 aromatic rings. The molecule has 0 aromatic carbocycles. The van der Waals surface area contributed by atoms with Gasteiger partial charge in [0.15, 0.2) is 5.82 Å². The number of nitrogens with one attached hydrogen (secondary N) is 2. The van der Waals surface area contributed by atoms with Crippen molar-refractivity contribution >= 4 is 40.1 Å². The molecule has 2 N–H and O–H groups in total. The maximum absolute atomic E-state index is 15.1. The van der Waals surface area contributed by atoms with E-state index in [0.717, 1.165) is 12.8 Å². The lowest BCUT2D eigenvalue weighted by Crippen LogP contribution is -2.39. The van der Waals surface area contributed by atoms with Crippen molar-refractivity contribution in [2.45, 2.75) is 31.8 Å². The number of aromatic nitrogens is 3. The minimum atomic E-state index is -1.51. The smallest absolute Gasteiger partial charge is 0.231 e. The van der Waals surface area contributed by atoms with Crippen molar-refractivity contribution in [3.05, 3.63) is 40.7 Å². The molecule has 4 heterocycles. The minimum absolute atomic E-state index is 0.0214. The summed E-state index contributed by atoms with van der Waals surface area (Å²) in [6, 6.07) is 3.53. The molecule has 144 valence electrons. The molecule has 1 aliphatic rings. The zero-order valence-electron chi connectivity index (χ0n) is 14.3. The summed E-state index contributed by atoms with van der Waals surface area (Å²) in [5.74, 6) is 1.08. The van der Waals surface area contributed by atoms with Crippen molar-refractivity contribution in [1.82, 2.24) is 19.9 Å². The van der Waals surface area contributed by atoms with Gasteiger partial charge in [0, 0.05) is 18.8 Å². The molecule has 0 spiro atoms. The average Bonchev–Trinajstić information content (AvgIpc) is 3.29. The van der Waals surface area contributed by atoms with Crippen LogP contribution in [0.5, 0.6) is 0 Å². The lowest BCUT2D eigenvalue weighted by molar-refractivity contribution is 0.0454. The Bertz CT molecular complexity index is 912. The van der Waals surface area contributed by atoms with Crippen LogP contribution in [0.1, 0.15) is 25.0 Å². The molecule has 0 bridgehead atoms. The monoisotopic (exact) mass is 413 g/mol. The van der Waals surface area contributed by atoms with Gasteiger partial charge in [0.05, 0.1) is 24.4 Å². The largest absolute Gasteiger partial charge is 0.467 e. The van der Waals surface area contributed by atoms with Crippen LogP contribution in [-0.4, -0.2) is 33.8 Å². The van der Waals surface area contributed by atoms with Crippen LogP contribution in [0.2, 0.25) is 10.3 Å². The molecule has 2 unspecified atom stereocenters. The summed E-state index contributed by atoms with van der Waals surface area (Å²) >= 11 is 12.3. The van der Waals surface area contributed by atoms with Crippen molar-refractivity contribution < 1.29 is 13.5 Å². The molecule has 7 nitrogen and oxygen atoms in total. The van der Waals surface area contributed by atoms with Crippen LogP contribution in [0.4, 0.5) is 10.2 Å². The first kappa shape index (κ1) is 18.5. The summed E-state index contributed by atoms with van der Waals surface area (Å²) in [7, 11) is 0. The summed E-state index contributed by atoms with van der Waals surface area (Å²) in [6.45, 7) is 1.54. The van der Waals surface area contributed by atoms with Crippen LogP contribution in [0, 0.1) is 0 Å². The number of rotatable bonds is 6. The Morgan fingerprint density at radius 3 is 3.00 bits per heavy atom. The van der Waals surface area contributed by atoms with Crippen LogP contribution in [0.3, 0.4) is 0 Å². The summed E-state index contributed by atoms with van der Waals surface area (Å²) in [5, 5.41) is 6.36. The highest BCUT2D eigenvalue weighted by Crippen LogP contribution is 2.32. The summed E-state index contributed by atoms with van der Waals surface area (Å²) in [6.07, 6.45) is 3.29. The first-order chi connectivity index (χ1) is 13.1. The number of anilines is 1. The number of nitrogens with zero attached hydrogens (tertiary/aromatic N) is 3. The number of hydrogen-bond acceptors (Lipinski definition) is 6. The molecule has 1 aliphatic heterocycles. The van der Waals surface area contributed by atoms with E-state index in [1.165, 1.54) is 10.8 Å². The Labute approximate surface area is 164 Å². The quantitative estimate of drug-likeness (QED) is 0.467. The third-order valence-electron chi connectivity index (χ3n) is 4.38. The molecule has 10 heteroatoms. The molecule has 0 radical (unpaired) electrons. The third kappa shape index (κ3) is 4.03. The zero-order chi connectivity index (χ0) is 18.8. The van der Waals surface area contributed by atoms with Gasteiger partial charge in [0.1, 0.15) is 16.8 Å². The van der Waals surface area contributed by atoms with Gasteiger partial charge in [-0.25, -0.2) is 9.37 Å². The Balaban J connectivity index is 1.65. The molecular formula is C17H18Cl2FN5O2. The topological polar surface area (TPSA) is 77.1 Å². The molecule has 1 fully saturated rings. The fraction of sp³-hybridized carbons (Fsp3) is 0.412. The second-order valence-electron chi connectivity index (χ2n) is 6.27. The Morgan fingerprint density at radius 1 is 1.37 bits per heavy atom. The SMILES string of the molecule is FC(NC1CCCOC1)n1cc(Cl)c2nc(Cl)nc(NCc3ccco3)c21. The van der Waals surface area contributed by atoms with Crippen molar-refractivity contribution in [1.29, 1.82) is 0 Å². The van der Waals surface area contributed by atoms with Gasteiger partial charge in [0.25, 0.3) is 0 Å². The number of ether oxygens (including phenoxy) is 1. The fourth-order valence-electron chi connectivity index (χ4n) is 3.12. The molecule has 1 saturated heterocycles. The van der Waals surface area contributed by atoms with Crippen molar-refractivity contribution in [3.63, 3.8) is 0 Å². The van der Waals surface area contributed by atoms with Gasteiger partial charge in [0.2, 0.25) is 11.7 Å². The maximum Gasteiger partial charge on any atom is 0.231 e. The predicted octanol–water partition coefficient (Wildman–Crippen LogP) is 4.14. The van der Waals surface area contributed by atoms with Gasteiger partial charge in [-0.1, -0.05) is 11.6 Å². The Kier molecular flexibility index (Phi) is 5.49. The maximum atomic E-state index is 15.1. The van der Waals surface area contributed by atoms with E-state index in [0.29, 0.717) is 47.4 Å². The van der Waals surface area contributed by atoms with Crippen LogP contribution in [0.15, 0.2) is 29.0 Å². The van der Waals surface area contributed by atoms with E-state index in [4.69, 9.17) is 32.4 Å². The van der Waals surface area contributed by atoms with Crippen molar-refractivity contribution in [2.75, 3.05) is 18.5 Å². The Morgan fingerprint density at radius 2 is 2.26 bits per heavy atom. The van der Waals surface area contributed by atoms with Crippen LogP contribution < -0.4 is 10.6 Å². The predicted molar refractivity (Wildman–Crippen MR) is 101 cm³/mol. The number of fused-ring (bicyclic) bond motifs is 1. The molecule has 3 aromatic heterocycles. The lowest BCUT2D eigenvalue weighted by atomic mass is 10.1. The van der Waals surface area contributed by atoms with Crippen molar-refractivity contribution in [3.8, 4) is 0 Å². The first-order valence-corrected chi connectivity index (χ1v) is 9.35. The standard InChI is InChI=1S/C17H18Cl2FN5O2/c18-12-8-25(17(20)22-10-3-1-5-26-9-10)14-13(12)23-16(19)24-15(14)21-7-11-4-2-6-27-11/h2,4,6,8,10,17,22H,1,3,5,7,9H2,(H,21,23,24). The van der Waals surface area contributed by atoms with E-state index in [2.05, 4.69) is 20.6 Å². The number of halogens is 3. The van der Waals surface area contributed by atoms with E-state index in [-0.39, 0.29) is 11.3 Å². The highest BCUT2D eigenvalue weighted by Gasteiger charge is 2.24. The molecule has 0 aliphatic carbocycles. The zero-order valence-corrected chi connectivity index (χ0v) is 15.8. The van der Waals surface area contributed by atoms with E-state index in [1.54, 1.807) is 12.3 Å². The van der Waals surface area contributed by atoms with Gasteiger partial charge >= 0.3 is 0 Å². The highest BCUT2D eigenvalue weighted by molar-refractivity contribution is 6.36. The van der Waals surface area contributed by atoms with Gasteiger partial charge in [-0.05, 0) is 36.6 Å². The van der Waals surface area contributed by atoms with E-state index in [1.807, 2.05) is 6.07 Å². The summed E-state index contributed by atoms with van der Waals surface area (Å²) in [5.41, 5.74) is 0.802. The lowest BCUT2D eigenvalue weighted by Gasteiger charge is -2.26. The third-order valence-corrected chi connectivity index (χ3v) is 4.83. The van der Waals surface area contributed by atoms with Gasteiger partial charge in [-0.3, -0.25) is 9.88 Å². The van der Waals surface area contributed by atoms with Gasteiger partial charge in [-0.15, -0.1) is 0 Å². The first-order valence-electron chi connectivity index (χ1n) is 8.59. The number of furan rings is 1. The van der Waals surface area contributed by atoms with E-state index >= 15 is 4.39 Å². The van der Waals surface area contributed by atoms with Crippen molar-refractivity contribution in [2.24, 2.45) is 0 Å². The summed E-state index contributed by atoms with van der Waals surface area (Å²) in [4.78, 5) is 8.36. The molecule has 4 rings (SSSR count). The second kappa shape index (κ2) is 8.02. The van der Waals surface area contributed by atoms with Gasteiger partial charge in [-0.2, -0.15) is 4.98 Å². The Hall–Kier alpha value is -1.87. The van der Waals surface area contributed by atoms with E-state index in [9.17, 15) is 0 Å². The van der Waals surface area contributed by atoms with Gasteiger partial charge < -0.3 is 14.5 Å². The van der Waals surface area contributed by atoms with Crippen LogP contribution in [0.25, 0.3) is 11.0 Å². The second-order valence-corrected chi connectivity index (χ2v) is 7.02. The average molecular weight is 414 g/mol. The highest BCUT2D eigenvalue weighted by atomic mass is 35.5. The minimum Gasteiger partial charge on any atom is -0.467 e. The van der Waals surface area contributed by atoms with Crippen LogP contribution >= 0.6 is 23.2 Å². The van der Waals surface area contributed by atoms with Crippen LogP contribution in [-0.2, 0) is 11.3 Å². The molecule has 2 atom stereocenters. The number of alkyl halides is 1. The molecule has 0 amide bonds. The fourth-order valence-corrected chi connectivity index (χ4v) is 3.53. The number of hydrogen-bond donors (Lipinski definition) is 2.